The molecule has 0 saturated carbocycles. The van der Waals surface area contributed by atoms with Crippen molar-refractivity contribution in [2.75, 3.05) is 33.0 Å². The monoisotopic (exact) mass is 597 g/mol. The van der Waals surface area contributed by atoms with Crippen molar-refractivity contribution >= 4 is 21.6 Å². The van der Waals surface area contributed by atoms with Crippen molar-refractivity contribution in [3.8, 4) is 16.9 Å². The summed E-state index contributed by atoms with van der Waals surface area (Å²) in [6.07, 6.45) is 2.04. The summed E-state index contributed by atoms with van der Waals surface area (Å²) in [5.74, 6) is 0.531. The van der Waals surface area contributed by atoms with Gasteiger partial charge in [0, 0.05) is 37.9 Å². The third kappa shape index (κ3) is 6.60. The summed E-state index contributed by atoms with van der Waals surface area (Å²) < 4.78 is 36.0. The zero-order valence-corrected chi connectivity index (χ0v) is 26.2. The first-order chi connectivity index (χ1) is 20.6. The number of nitrogens with one attached hydrogen (secondary N) is 1. The predicted octanol–water partition coefficient (Wildman–Crippen LogP) is 6.62. The molecule has 0 fully saturated rings. The number of methoxy groups -OCH3 is 1. The van der Waals surface area contributed by atoms with Crippen molar-refractivity contribution in [3.05, 3.63) is 113 Å². The summed E-state index contributed by atoms with van der Waals surface area (Å²) in [4.78, 5) is 16.4. The number of carbonyl (C=O) groups is 1. The van der Waals surface area contributed by atoms with Gasteiger partial charge in [0.05, 0.1) is 7.11 Å². The van der Waals surface area contributed by atoms with Crippen LogP contribution in [-0.4, -0.2) is 52.4 Å². The van der Waals surface area contributed by atoms with Crippen LogP contribution < -0.4 is 9.46 Å². The number of benzene rings is 4. The van der Waals surface area contributed by atoms with Crippen LogP contribution in [0.25, 0.3) is 11.1 Å². The minimum atomic E-state index is -4.02. The van der Waals surface area contributed by atoms with Gasteiger partial charge in [-0.25, -0.2) is 8.42 Å². The highest BCUT2D eigenvalue weighted by molar-refractivity contribution is 7.92. The second kappa shape index (κ2) is 12.6. The van der Waals surface area contributed by atoms with E-state index in [0.717, 1.165) is 30.5 Å². The van der Waals surface area contributed by atoms with Gasteiger partial charge in [0.2, 0.25) is 0 Å². The Morgan fingerprint density at radius 2 is 1.65 bits per heavy atom. The fourth-order valence-electron chi connectivity index (χ4n) is 6.02. The lowest BCUT2D eigenvalue weighted by atomic mass is 9.79. The van der Waals surface area contributed by atoms with Crippen LogP contribution in [0.5, 0.6) is 5.75 Å². The maximum atomic E-state index is 13.9. The number of amides is 1. The average molecular weight is 598 g/mol. The summed E-state index contributed by atoms with van der Waals surface area (Å²) in [5.41, 5.74) is 6.08. The van der Waals surface area contributed by atoms with E-state index in [1.54, 1.807) is 50.5 Å². The minimum absolute atomic E-state index is 0.0284. The zero-order chi connectivity index (χ0) is 30.7. The van der Waals surface area contributed by atoms with E-state index in [9.17, 15) is 13.2 Å². The summed E-state index contributed by atoms with van der Waals surface area (Å²) in [6.45, 7) is 3.07. The van der Waals surface area contributed by atoms with E-state index in [1.165, 1.54) is 23.1 Å². The molecule has 224 valence electrons. The molecule has 8 heteroatoms. The average Bonchev–Trinajstić information content (AvgIpc) is 3.00. The van der Waals surface area contributed by atoms with Crippen molar-refractivity contribution in [2.45, 2.75) is 37.2 Å². The van der Waals surface area contributed by atoms with Crippen molar-refractivity contribution in [3.63, 3.8) is 0 Å². The fraction of sp³-hybridized carbons (Fsp3) is 0.286. The summed E-state index contributed by atoms with van der Waals surface area (Å²) in [7, 11) is 2.97. The van der Waals surface area contributed by atoms with E-state index in [4.69, 9.17) is 4.74 Å². The summed E-state index contributed by atoms with van der Waals surface area (Å²) >= 11 is 0. The molecule has 1 N–H and O–H groups in total. The van der Waals surface area contributed by atoms with Crippen LogP contribution in [0.4, 0.5) is 5.69 Å². The topological polar surface area (TPSA) is 78.9 Å². The van der Waals surface area contributed by atoms with Gasteiger partial charge >= 0.3 is 0 Å². The molecule has 0 aliphatic heterocycles. The molecule has 4 aromatic carbocycles. The molecule has 7 nitrogen and oxygen atoms in total. The van der Waals surface area contributed by atoms with Crippen molar-refractivity contribution < 1.29 is 17.9 Å². The third-order valence-corrected chi connectivity index (χ3v) is 9.58. The third-order valence-electron chi connectivity index (χ3n) is 8.18. The van der Waals surface area contributed by atoms with Crippen LogP contribution >= 0.6 is 0 Å². The van der Waals surface area contributed by atoms with E-state index in [1.807, 2.05) is 30.3 Å². The Kier molecular flexibility index (Phi) is 8.89. The maximum absolute atomic E-state index is 13.9. The van der Waals surface area contributed by atoms with Crippen LogP contribution in [0, 0.1) is 5.92 Å². The second-order valence-corrected chi connectivity index (χ2v) is 13.2. The molecule has 5 rings (SSSR count). The lowest BCUT2D eigenvalue weighted by Crippen LogP contribution is -2.32. The maximum Gasteiger partial charge on any atom is 0.265 e. The molecule has 1 aliphatic rings. The molecule has 43 heavy (non-hydrogen) atoms. The minimum Gasteiger partial charge on any atom is -0.495 e. The summed E-state index contributed by atoms with van der Waals surface area (Å²) in [6, 6.07) is 28.6. The van der Waals surface area contributed by atoms with Crippen LogP contribution in [0.2, 0.25) is 0 Å². The molecule has 0 unspecified atom stereocenters. The zero-order valence-electron chi connectivity index (χ0n) is 25.4. The molecule has 0 spiro atoms. The molecular weight excluding hydrogens is 558 g/mol. The van der Waals surface area contributed by atoms with Crippen LogP contribution in [0.15, 0.2) is 95.9 Å². The lowest BCUT2D eigenvalue weighted by Gasteiger charge is -2.38. The number of fused-ring (bicyclic) bond motifs is 1. The van der Waals surface area contributed by atoms with E-state index < -0.39 is 10.0 Å². The van der Waals surface area contributed by atoms with Gasteiger partial charge in [-0.15, -0.1) is 0 Å². The van der Waals surface area contributed by atoms with Crippen molar-refractivity contribution in [1.29, 1.82) is 0 Å². The number of carbonyl (C=O) groups excluding carboxylic acids is 1. The number of sulfonamides is 1. The Balaban J connectivity index is 1.46. The molecule has 0 bridgehead atoms. The number of rotatable bonds is 9. The van der Waals surface area contributed by atoms with Gasteiger partial charge in [0.1, 0.15) is 10.6 Å². The molecule has 4 aromatic rings. The van der Waals surface area contributed by atoms with E-state index in [-0.39, 0.29) is 22.6 Å². The number of ether oxygens (including phenoxy) is 1. The van der Waals surface area contributed by atoms with Crippen LogP contribution in [0.1, 0.15) is 46.4 Å². The molecule has 0 radical (unpaired) electrons. The van der Waals surface area contributed by atoms with Crippen LogP contribution in [0.3, 0.4) is 0 Å². The van der Waals surface area contributed by atoms with Gasteiger partial charge in [-0.1, -0.05) is 61.5 Å². The molecule has 0 saturated heterocycles. The Morgan fingerprint density at radius 3 is 2.37 bits per heavy atom. The highest BCUT2D eigenvalue weighted by atomic mass is 32.2. The largest absolute Gasteiger partial charge is 0.495 e. The first-order valence-electron chi connectivity index (χ1n) is 14.5. The first-order valence-corrected chi connectivity index (χ1v) is 16.0. The van der Waals surface area contributed by atoms with Crippen LogP contribution in [-0.2, 0) is 23.0 Å². The Labute approximate surface area is 255 Å². The van der Waals surface area contributed by atoms with E-state index in [2.05, 4.69) is 47.9 Å². The quantitative estimate of drug-likeness (QED) is 0.235. The number of nitrogens with zero attached hydrogens (tertiary/aromatic N) is 2. The first kappa shape index (κ1) is 30.3. The fourth-order valence-corrected chi connectivity index (χ4v) is 7.26. The number of anilines is 1. The van der Waals surface area contributed by atoms with Crippen molar-refractivity contribution in [2.24, 2.45) is 5.92 Å². The van der Waals surface area contributed by atoms with E-state index >= 15 is 0 Å². The highest BCUT2D eigenvalue weighted by Gasteiger charge is 2.31. The molecule has 0 aromatic heterocycles. The lowest BCUT2D eigenvalue weighted by molar-refractivity contribution is 0.0827. The van der Waals surface area contributed by atoms with Gasteiger partial charge in [-0.2, -0.15) is 0 Å². The normalized spacial score (nSPS) is 16.4. The van der Waals surface area contributed by atoms with Gasteiger partial charge in [0.25, 0.3) is 15.9 Å². The van der Waals surface area contributed by atoms with Gasteiger partial charge in [0.15, 0.2) is 0 Å². The molecule has 1 aliphatic carbocycles. The Bertz CT molecular complexity index is 1720. The predicted molar refractivity (Wildman–Crippen MR) is 172 cm³/mol. The smallest absolute Gasteiger partial charge is 0.265 e. The SMILES string of the molecule is COc1ccc(-c2cccc(C(=O)N(C)C)c2)cc1S(=O)(=O)Nc1ccc2c(c1)[C@@H](N(C)Cc1ccccc1)[C@@H](C)CC2. The van der Waals surface area contributed by atoms with Gasteiger partial charge < -0.3 is 9.64 Å². The molecular formula is C35H39N3O4S. The standard InChI is InChI=1S/C35H39N3O4S/c1-24-14-15-26-16-18-30(22-31(26)34(24)38(4)23-25-10-7-6-8-11-25)36-43(40,41)33-21-28(17-19-32(33)42-5)27-12-9-13-29(20-27)35(39)37(2)3/h6-13,16-22,24,34,36H,14-15,23H2,1-5H3/t24-,34-/m0/s1. The van der Waals surface area contributed by atoms with Crippen molar-refractivity contribution in [1.82, 2.24) is 9.80 Å². The highest BCUT2D eigenvalue weighted by Crippen LogP contribution is 2.40. The van der Waals surface area contributed by atoms with Gasteiger partial charge in [-0.3, -0.25) is 14.4 Å². The number of hydrogen-bond donors (Lipinski definition) is 1. The number of hydrogen-bond acceptors (Lipinski definition) is 5. The Hall–Kier alpha value is -4.14. The molecule has 1 amide bonds. The Morgan fingerprint density at radius 1 is 0.907 bits per heavy atom. The molecule has 0 heterocycles. The van der Waals surface area contributed by atoms with Gasteiger partial charge in [-0.05, 0) is 90.0 Å². The molecule has 2 atom stereocenters. The summed E-state index contributed by atoms with van der Waals surface area (Å²) in [5, 5.41) is 0. The second-order valence-electron chi connectivity index (χ2n) is 11.5. The van der Waals surface area contributed by atoms with E-state index in [0.29, 0.717) is 22.7 Å². The number of aryl methyl sites for hydroxylation is 1.